The van der Waals surface area contributed by atoms with Crippen molar-refractivity contribution in [1.82, 2.24) is 0 Å². The highest BCUT2D eigenvalue weighted by atomic mass is 16.5. The lowest BCUT2D eigenvalue weighted by molar-refractivity contribution is 0.415. The van der Waals surface area contributed by atoms with Crippen molar-refractivity contribution in [2.24, 2.45) is 0 Å². The number of para-hydroxylation sites is 1. The van der Waals surface area contributed by atoms with Gasteiger partial charge in [0.1, 0.15) is 11.4 Å². The first kappa shape index (κ1) is 11.0. The number of benzene rings is 2. The minimum atomic E-state index is 0.503. The minimum absolute atomic E-state index is 0.503. The van der Waals surface area contributed by atoms with Gasteiger partial charge in [-0.05, 0) is 30.3 Å². The van der Waals surface area contributed by atoms with Crippen LogP contribution in [0.25, 0.3) is 4.98 Å². The molecule has 2 aromatic rings. The Morgan fingerprint density at radius 1 is 1.06 bits per heavy atom. The molecule has 0 saturated carbocycles. The van der Waals surface area contributed by atoms with Gasteiger partial charge in [0, 0.05) is 11.8 Å². The van der Waals surface area contributed by atoms with E-state index in [-0.39, 0.29) is 0 Å². The Bertz CT molecular complexity index is 543. The van der Waals surface area contributed by atoms with Crippen LogP contribution in [0.2, 0.25) is 0 Å². The van der Waals surface area contributed by atoms with Gasteiger partial charge in [0.2, 0.25) is 5.39 Å². The molecule has 0 heterocycles. The van der Waals surface area contributed by atoms with E-state index in [2.05, 4.69) is 10.3 Å². The summed E-state index contributed by atoms with van der Waals surface area (Å²) in [4.78, 5) is 3.21. The largest absolute Gasteiger partial charge is 0.497 e. The summed E-state index contributed by atoms with van der Waals surface area (Å²) < 4.78 is 5.08. The van der Waals surface area contributed by atoms with Gasteiger partial charge in [-0.3, -0.25) is 0 Å². The summed E-state index contributed by atoms with van der Waals surface area (Å²) in [6, 6.07) is 14.8. The van der Waals surface area contributed by atoms with Crippen molar-refractivity contribution in [3.05, 3.63) is 53.5 Å². The second kappa shape index (κ2) is 4.99. The van der Waals surface area contributed by atoms with Crippen LogP contribution in [0.3, 0.4) is 0 Å². The maximum absolute atomic E-state index is 8.84. The lowest BCUT2D eigenvalue weighted by Gasteiger charge is -2.05. The predicted molar refractivity (Wildman–Crippen MR) is 67.5 cm³/mol. The topological polar surface area (TPSA) is 49.4 Å². The molecule has 0 bridgehead atoms. The Morgan fingerprint density at radius 2 is 1.76 bits per heavy atom. The SMILES string of the molecule is COc1ccc(Nc2ccccc2[N+]#N)cc1. The molecule has 0 aromatic heterocycles. The number of nitrogens with zero attached hydrogens (tertiary/aromatic N) is 2. The van der Waals surface area contributed by atoms with E-state index in [1.165, 1.54) is 0 Å². The van der Waals surface area contributed by atoms with E-state index < -0.39 is 0 Å². The van der Waals surface area contributed by atoms with Gasteiger partial charge in [-0.15, -0.1) is 0 Å². The molecule has 0 aliphatic rings. The monoisotopic (exact) mass is 226 g/mol. The molecular weight excluding hydrogens is 214 g/mol. The van der Waals surface area contributed by atoms with Gasteiger partial charge >= 0.3 is 5.69 Å². The molecule has 0 radical (unpaired) electrons. The van der Waals surface area contributed by atoms with Gasteiger partial charge in [0.05, 0.1) is 7.11 Å². The molecule has 0 saturated heterocycles. The van der Waals surface area contributed by atoms with Gasteiger partial charge < -0.3 is 10.1 Å². The van der Waals surface area contributed by atoms with E-state index in [4.69, 9.17) is 10.1 Å². The first-order valence-electron chi connectivity index (χ1n) is 5.18. The van der Waals surface area contributed by atoms with Crippen molar-refractivity contribution in [2.75, 3.05) is 12.4 Å². The summed E-state index contributed by atoms with van der Waals surface area (Å²) in [7, 11) is 1.63. The van der Waals surface area contributed by atoms with Crippen LogP contribution in [0.5, 0.6) is 5.75 Å². The van der Waals surface area contributed by atoms with E-state index in [1.807, 2.05) is 42.5 Å². The van der Waals surface area contributed by atoms with Crippen molar-refractivity contribution < 1.29 is 4.74 Å². The van der Waals surface area contributed by atoms with E-state index in [9.17, 15) is 0 Å². The van der Waals surface area contributed by atoms with Gasteiger partial charge in [0.15, 0.2) is 4.98 Å². The highest BCUT2D eigenvalue weighted by Gasteiger charge is 2.11. The molecule has 0 atom stereocenters. The molecule has 2 aromatic carbocycles. The van der Waals surface area contributed by atoms with Crippen LogP contribution in [-0.2, 0) is 0 Å². The number of hydrogen-bond acceptors (Lipinski definition) is 3. The van der Waals surface area contributed by atoms with Crippen LogP contribution < -0.4 is 10.1 Å². The number of nitrogens with one attached hydrogen (secondary N) is 1. The fraction of sp³-hybridized carbons (Fsp3) is 0.0769. The van der Waals surface area contributed by atoms with Crippen LogP contribution >= 0.6 is 0 Å². The highest BCUT2D eigenvalue weighted by Crippen LogP contribution is 2.28. The molecule has 0 spiro atoms. The number of methoxy groups -OCH3 is 1. The van der Waals surface area contributed by atoms with Gasteiger partial charge in [-0.1, -0.05) is 12.1 Å². The molecule has 17 heavy (non-hydrogen) atoms. The molecule has 4 nitrogen and oxygen atoms in total. The standard InChI is InChI=1S/C13H12N3O/c1-17-11-8-6-10(7-9-11)15-12-4-2-3-5-13(12)16-14/h2-9,15H,1H3/q+1. The van der Waals surface area contributed by atoms with Crippen LogP contribution in [0.1, 0.15) is 0 Å². The third-order valence-corrected chi connectivity index (χ3v) is 2.38. The number of rotatable bonds is 3. The van der Waals surface area contributed by atoms with Gasteiger partial charge in [0.25, 0.3) is 0 Å². The molecular formula is C13H12N3O+. The molecule has 2 rings (SSSR count). The summed E-state index contributed by atoms with van der Waals surface area (Å²) in [5, 5.41) is 12.0. The zero-order valence-corrected chi connectivity index (χ0v) is 9.42. The van der Waals surface area contributed by atoms with E-state index >= 15 is 0 Å². The van der Waals surface area contributed by atoms with Crippen molar-refractivity contribution >= 4 is 17.1 Å². The quantitative estimate of drug-likeness (QED) is 0.807. The lowest BCUT2D eigenvalue weighted by Crippen LogP contribution is -1.90. The Balaban J connectivity index is 2.23. The maximum atomic E-state index is 8.84. The van der Waals surface area contributed by atoms with Gasteiger partial charge in [-0.25, -0.2) is 0 Å². The van der Waals surface area contributed by atoms with Gasteiger partial charge in [-0.2, -0.15) is 0 Å². The van der Waals surface area contributed by atoms with Crippen LogP contribution in [0, 0.1) is 5.39 Å². The third-order valence-electron chi connectivity index (χ3n) is 2.38. The Morgan fingerprint density at radius 3 is 2.41 bits per heavy atom. The summed E-state index contributed by atoms with van der Waals surface area (Å²) >= 11 is 0. The Hall–Kier alpha value is -2.54. The summed E-state index contributed by atoms with van der Waals surface area (Å²) in [5.74, 6) is 0.802. The van der Waals surface area contributed by atoms with Crippen molar-refractivity contribution in [1.29, 1.82) is 5.39 Å². The van der Waals surface area contributed by atoms with Crippen LogP contribution in [-0.4, -0.2) is 7.11 Å². The van der Waals surface area contributed by atoms with E-state index in [1.54, 1.807) is 13.2 Å². The molecule has 84 valence electrons. The van der Waals surface area contributed by atoms with Crippen molar-refractivity contribution in [3.63, 3.8) is 0 Å². The molecule has 4 heteroatoms. The molecule has 0 amide bonds. The number of ether oxygens (including phenoxy) is 1. The first-order valence-corrected chi connectivity index (χ1v) is 5.18. The summed E-state index contributed by atoms with van der Waals surface area (Å²) in [5.41, 5.74) is 2.16. The van der Waals surface area contributed by atoms with E-state index in [0.29, 0.717) is 5.69 Å². The number of hydrogen-bond donors (Lipinski definition) is 1. The molecule has 0 fully saturated rings. The van der Waals surface area contributed by atoms with Crippen LogP contribution in [0.15, 0.2) is 48.5 Å². The average Bonchev–Trinajstić information content (AvgIpc) is 2.40. The number of anilines is 2. The van der Waals surface area contributed by atoms with Crippen molar-refractivity contribution in [3.8, 4) is 5.75 Å². The predicted octanol–water partition coefficient (Wildman–Crippen LogP) is 3.92. The fourth-order valence-corrected chi connectivity index (χ4v) is 1.50. The second-order valence-corrected chi connectivity index (χ2v) is 3.47. The zero-order valence-electron chi connectivity index (χ0n) is 9.42. The molecule has 1 N–H and O–H groups in total. The highest BCUT2D eigenvalue weighted by molar-refractivity contribution is 5.74. The third kappa shape index (κ3) is 2.52. The van der Waals surface area contributed by atoms with Crippen LogP contribution in [0.4, 0.5) is 17.1 Å². The summed E-state index contributed by atoms with van der Waals surface area (Å²) in [6.07, 6.45) is 0. The van der Waals surface area contributed by atoms with Crippen molar-refractivity contribution in [2.45, 2.75) is 0 Å². The minimum Gasteiger partial charge on any atom is -0.497 e. The molecule has 0 aliphatic carbocycles. The zero-order chi connectivity index (χ0) is 12.1. The normalized spacial score (nSPS) is 9.41. The molecule has 0 aliphatic heterocycles. The Labute approximate surface area is 99.5 Å². The molecule has 0 unspecified atom stereocenters. The maximum Gasteiger partial charge on any atom is 0.408 e. The fourth-order valence-electron chi connectivity index (χ4n) is 1.50. The second-order valence-electron chi connectivity index (χ2n) is 3.47. The average molecular weight is 226 g/mol. The lowest BCUT2D eigenvalue weighted by atomic mass is 10.2. The number of diazo groups is 1. The van der Waals surface area contributed by atoms with E-state index in [0.717, 1.165) is 17.1 Å². The smallest absolute Gasteiger partial charge is 0.408 e. The first-order chi connectivity index (χ1) is 8.33. The Kier molecular flexibility index (Phi) is 3.22. The summed E-state index contributed by atoms with van der Waals surface area (Å²) in [6.45, 7) is 0.